The molecule has 1 rings (SSSR count). The summed E-state index contributed by atoms with van der Waals surface area (Å²) in [7, 11) is 0. The zero-order valence-corrected chi connectivity index (χ0v) is 9.03. The van der Waals surface area contributed by atoms with Crippen molar-refractivity contribution < 1.29 is 28.6 Å². The van der Waals surface area contributed by atoms with E-state index in [0.717, 1.165) is 0 Å². The van der Waals surface area contributed by atoms with Crippen molar-refractivity contribution in [3.05, 3.63) is 12.7 Å². The number of rotatable bonds is 3. The first kappa shape index (κ1) is 13.4. The molecule has 0 aromatic carbocycles. The zero-order valence-electron chi connectivity index (χ0n) is 9.03. The fraction of sp³-hybridized carbons (Fsp3) is 0.600. The van der Waals surface area contributed by atoms with Gasteiger partial charge in [-0.1, -0.05) is 6.58 Å². The Morgan fingerprint density at radius 1 is 1.41 bits per heavy atom. The third kappa shape index (κ3) is 2.09. The van der Waals surface area contributed by atoms with Crippen molar-refractivity contribution >= 4 is 12.1 Å². The van der Waals surface area contributed by atoms with Gasteiger partial charge in [-0.15, -0.1) is 0 Å². The number of piperidine rings is 1. The second kappa shape index (κ2) is 4.31. The summed E-state index contributed by atoms with van der Waals surface area (Å²) in [5.74, 6) is -5.35. The molecule has 1 amide bonds. The van der Waals surface area contributed by atoms with Crippen LogP contribution in [0.15, 0.2) is 12.7 Å². The number of halogens is 2. The number of likely N-dealkylation sites (tertiary alicyclic amines) is 1. The van der Waals surface area contributed by atoms with Crippen LogP contribution in [0.5, 0.6) is 0 Å². The van der Waals surface area contributed by atoms with Crippen molar-refractivity contribution in [3.63, 3.8) is 0 Å². The SMILES string of the molecule is C=CC(F)(F)C1(C(=O)O)CCCN(C(=O)O)C1. The molecule has 1 saturated heterocycles. The van der Waals surface area contributed by atoms with E-state index in [-0.39, 0.29) is 25.5 Å². The van der Waals surface area contributed by atoms with E-state index in [2.05, 4.69) is 6.58 Å². The van der Waals surface area contributed by atoms with E-state index in [1.165, 1.54) is 0 Å². The highest BCUT2D eigenvalue weighted by molar-refractivity contribution is 5.78. The lowest BCUT2D eigenvalue weighted by molar-refractivity contribution is -0.177. The van der Waals surface area contributed by atoms with Crippen LogP contribution >= 0.6 is 0 Å². The number of carbonyl (C=O) groups is 2. The summed E-state index contributed by atoms with van der Waals surface area (Å²) in [5, 5.41) is 17.8. The minimum atomic E-state index is -3.65. The maximum atomic E-state index is 13.7. The van der Waals surface area contributed by atoms with Gasteiger partial charge in [0.05, 0.1) is 0 Å². The van der Waals surface area contributed by atoms with E-state index in [4.69, 9.17) is 10.2 Å². The van der Waals surface area contributed by atoms with Crippen LogP contribution in [0.25, 0.3) is 0 Å². The Hall–Kier alpha value is -1.66. The highest BCUT2D eigenvalue weighted by Gasteiger charge is 2.59. The van der Waals surface area contributed by atoms with Crippen molar-refractivity contribution in [2.45, 2.75) is 18.8 Å². The fourth-order valence-electron chi connectivity index (χ4n) is 2.00. The largest absolute Gasteiger partial charge is 0.481 e. The Morgan fingerprint density at radius 3 is 2.41 bits per heavy atom. The molecular weight excluding hydrogens is 236 g/mol. The smallest absolute Gasteiger partial charge is 0.407 e. The second-order valence-corrected chi connectivity index (χ2v) is 4.02. The number of carboxylic acid groups (broad SMARTS) is 2. The molecule has 1 aliphatic heterocycles. The molecule has 1 heterocycles. The molecule has 1 unspecified atom stereocenters. The number of hydrogen-bond donors (Lipinski definition) is 2. The standard InChI is InChI=1S/C10H13F2NO4/c1-2-10(11,12)9(7(14)15)4-3-5-13(6-9)8(16)17/h2H,1,3-6H2,(H,14,15)(H,16,17). The van der Waals surface area contributed by atoms with Gasteiger partial charge in [0.15, 0.2) is 5.41 Å². The van der Waals surface area contributed by atoms with Crippen LogP contribution in [0, 0.1) is 5.41 Å². The van der Waals surface area contributed by atoms with Gasteiger partial charge in [-0.05, 0) is 18.9 Å². The van der Waals surface area contributed by atoms with Gasteiger partial charge >= 0.3 is 12.1 Å². The lowest BCUT2D eigenvalue weighted by atomic mass is 9.74. The van der Waals surface area contributed by atoms with Crippen LogP contribution in [0.3, 0.4) is 0 Å². The Kier molecular flexibility index (Phi) is 3.40. The van der Waals surface area contributed by atoms with Gasteiger partial charge in [0, 0.05) is 13.1 Å². The third-order valence-electron chi connectivity index (χ3n) is 3.07. The molecule has 0 saturated carbocycles. The van der Waals surface area contributed by atoms with E-state index < -0.39 is 29.9 Å². The highest BCUT2D eigenvalue weighted by Crippen LogP contribution is 2.44. The first-order valence-electron chi connectivity index (χ1n) is 4.99. The van der Waals surface area contributed by atoms with Gasteiger partial charge in [-0.25, -0.2) is 13.6 Å². The topological polar surface area (TPSA) is 77.8 Å². The Bertz CT molecular complexity index is 358. The molecule has 96 valence electrons. The van der Waals surface area contributed by atoms with Gasteiger partial charge in [0.1, 0.15) is 0 Å². The second-order valence-electron chi connectivity index (χ2n) is 4.02. The molecule has 1 aliphatic rings. The molecule has 17 heavy (non-hydrogen) atoms. The molecule has 0 aromatic heterocycles. The minimum Gasteiger partial charge on any atom is -0.481 e. The summed E-state index contributed by atoms with van der Waals surface area (Å²) in [6.45, 7) is 2.27. The molecule has 0 aliphatic carbocycles. The number of hydrogen-bond acceptors (Lipinski definition) is 2. The van der Waals surface area contributed by atoms with Crippen molar-refractivity contribution in [1.29, 1.82) is 0 Å². The van der Waals surface area contributed by atoms with E-state index in [9.17, 15) is 18.4 Å². The Balaban J connectivity index is 3.13. The van der Waals surface area contributed by atoms with Crippen LogP contribution in [0.4, 0.5) is 13.6 Å². The van der Waals surface area contributed by atoms with Gasteiger partial charge < -0.3 is 15.1 Å². The summed E-state index contributed by atoms with van der Waals surface area (Å²) >= 11 is 0. The first-order chi connectivity index (χ1) is 7.77. The summed E-state index contributed by atoms with van der Waals surface area (Å²) < 4.78 is 27.3. The fourth-order valence-corrected chi connectivity index (χ4v) is 2.00. The maximum absolute atomic E-state index is 13.7. The lowest BCUT2D eigenvalue weighted by Crippen LogP contribution is -2.57. The van der Waals surface area contributed by atoms with Crippen molar-refractivity contribution in [2.75, 3.05) is 13.1 Å². The molecule has 2 N–H and O–H groups in total. The van der Waals surface area contributed by atoms with Gasteiger partial charge in [-0.3, -0.25) is 4.79 Å². The van der Waals surface area contributed by atoms with Gasteiger partial charge in [0.25, 0.3) is 5.92 Å². The number of nitrogens with zero attached hydrogens (tertiary/aromatic N) is 1. The quantitative estimate of drug-likeness (QED) is 0.745. The summed E-state index contributed by atoms with van der Waals surface area (Å²) in [4.78, 5) is 22.5. The average molecular weight is 249 g/mol. The molecule has 0 spiro atoms. The highest BCUT2D eigenvalue weighted by atomic mass is 19.3. The monoisotopic (exact) mass is 249 g/mol. The Morgan fingerprint density at radius 2 is 2.00 bits per heavy atom. The van der Waals surface area contributed by atoms with E-state index in [1.54, 1.807) is 0 Å². The molecule has 0 radical (unpaired) electrons. The zero-order chi connectivity index (χ0) is 13.3. The van der Waals surface area contributed by atoms with Crippen LogP contribution in [-0.4, -0.2) is 46.2 Å². The van der Waals surface area contributed by atoms with E-state index in [1.807, 2.05) is 0 Å². The molecule has 0 bridgehead atoms. The summed E-state index contributed by atoms with van der Waals surface area (Å²) in [6, 6.07) is 0. The predicted molar refractivity (Wildman–Crippen MR) is 54.0 cm³/mol. The van der Waals surface area contributed by atoms with Crippen molar-refractivity contribution in [2.24, 2.45) is 5.41 Å². The van der Waals surface area contributed by atoms with Crippen LogP contribution in [0.1, 0.15) is 12.8 Å². The molecule has 0 aromatic rings. The van der Waals surface area contributed by atoms with Crippen molar-refractivity contribution in [3.8, 4) is 0 Å². The van der Waals surface area contributed by atoms with Gasteiger partial charge in [0.2, 0.25) is 0 Å². The number of allylic oxidation sites excluding steroid dienone is 1. The van der Waals surface area contributed by atoms with E-state index >= 15 is 0 Å². The van der Waals surface area contributed by atoms with Crippen molar-refractivity contribution in [1.82, 2.24) is 4.90 Å². The third-order valence-corrected chi connectivity index (χ3v) is 3.07. The molecular formula is C10H13F2NO4. The lowest BCUT2D eigenvalue weighted by Gasteiger charge is -2.41. The molecule has 5 nitrogen and oxygen atoms in total. The number of alkyl halides is 2. The van der Waals surface area contributed by atoms with E-state index in [0.29, 0.717) is 4.90 Å². The molecule has 7 heteroatoms. The Labute approximate surface area is 96.3 Å². The molecule has 1 fully saturated rings. The molecule has 1 atom stereocenters. The first-order valence-corrected chi connectivity index (χ1v) is 4.99. The van der Waals surface area contributed by atoms with Crippen LogP contribution < -0.4 is 0 Å². The number of amides is 1. The normalized spacial score (nSPS) is 25.4. The maximum Gasteiger partial charge on any atom is 0.407 e. The van der Waals surface area contributed by atoms with Crippen LogP contribution in [0.2, 0.25) is 0 Å². The number of aliphatic carboxylic acids is 1. The minimum absolute atomic E-state index is 0.0670. The average Bonchev–Trinajstić information content (AvgIpc) is 2.28. The summed E-state index contributed by atoms with van der Waals surface area (Å²) in [6.07, 6.45) is -1.31. The predicted octanol–water partition coefficient (Wildman–Crippen LogP) is 1.65. The summed E-state index contributed by atoms with van der Waals surface area (Å²) in [5.41, 5.74) is -2.41. The number of carboxylic acids is 1. The van der Waals surface area contributed by atoms with Crippen LogP contribution in [-0.2, 0) is 4.79 Å². The van der Waals surface area contributed by atoms with Gasteiger partial charge in [-0.2, -0.15) is 0 Å².